The number of carbonyl (C=O) groups is 6. The molecule has 1 saturated heterocycles. The minimum Gasteiger partial charge on any atom is -0.480 e. The second-order valence-electron chi connectivity index (χ2n) is 9.46. The van der Waals surface area contributed by atoms with E-state index in [1.807, 2.05) is 9.80 Å². The predicted octanol–water partition coefficient (Wildman–Crippen LogP) is -3.74. The van der Waals surface area contributed by atoms with E-state index in [4.69, 9.17) is 15.3 Å². The molecule has 1 heterocycles. The standard InChI is InChI=1S/C23H41N7O9/c1-15(21(34)35)25-18(31)12-28-6-4-24-5-7-29(13-19(32)26-16(2)22(36)37)9-11-30(10-8-28)14-20(33)27-17(3)23(38)39/h15-17,24H,4-14H2,1-3H3,(H,25,31)(H,26,32)(H,27,33)(H,34,35)(H,36,37)(H,38,39)/t15-,16-,17-/m0/s1. The highest BCUT2D eigenvalue weighted by atomic mass is 16.4. The van der Waals surface area contributed by atoms with E-state index in [-0.39, 0.29) is 19.6 Å². The number of hydrogen-bond donors (Lipinski definition) is 7. The van der Waals surface area contributed by atoms with E-state index >= 15 is 0 Å². The predicted molar refractivity (Wildman–Crippen MR) is 138 cm³/mol. The highest BCUT2D eigenvalue weighted by Gasteiger charge is 2.22. The smallest absolute Gasteiger partial charge is 0.325 e. The largest absolute Gasteiger partial charge is 0.480 e. The molecule has 1 rings (SSSR count). The Hall–Kier alpha value is -3.34. The molecular formula is C23H41N7O9. The van der Waals surface area contributed by atoms with Crippen LogP contribution in [-0.2, 0) is 28.8 Å². The fraction of sp³-hybridized carbons (Fsp3) is 0.739. The Morgan fingerprint density at radius 3 is 1.08 bits per heavy atom. The van der Waals surface area contributed by atoms with Crippen LogP contribution in [0.1, 0.15) is 20.8 Å². The van der Waals surface area contributed by atoms with Crippen molar-refractivity contribution in [2.75, 3.05) is 72.0 Å². The summed E-state index contributed by atoms with van der Waals surface area (Å²) in [6.07, 6.45) is 0. The van der Waals surface area contributed by atoms with E-state index < -0.39 is 53.8 Å². The second kappa shape index (κ2) is 17.3. The van der Waals surface area contributed by atoms with Crippen LogP contribution in [0.25, 0.3) is 0 Å². The van der Waals surface area contributed by atoms with Crippen molar-refractivity contribution in [1.82, 2.24) is 36.0 Å². The molecule has 0 aliphatic carbocycles. The first-order chi connectivity index (χ1) is 18.3. The minimum atomic E-state index is -1.18. The lowest BCUT2D eigenvalue weighted by Gasteiger charge is -2.31. The molecule has 0 unspecified atom stereocenters. The maximum Gasteiger partial charge on any atom is 0.325 e. The van der Waals surface area contributed by atoms with Crippen molar-refractivity contribution < 1.29 is 44.1 Å². The van der Waals surface area contributed by atoms with Crippen LogP contribution in [0.15, 0.2) is 0 Å². The number of nitrogens with one attached hydrogen (secondary N) is 4. The molecule has 222 valence electrons. The summed E-state index contributed by atoms with van der Waals surface area (Å²) in [5.41, 5.74) is 0. The maximum absolute atomic E-state index is 12.5. The molecule has 3 atom stereocenters. The molecule has 16 nitrogen and oxygen atoms in total. The molecule has 3 amide bonds. The summed E-state index contributed by atoms with van der Waals surface area (Å²) in [6, 6.07) is -3.16. The van der Waals surface area contributed by atoms with Gasteiger partial charge in [-0.2, -0.15) is 0 Å². The average molecular weight is 560 g/mol. The van der Waals surface area contributed by atoms with Crippen molar-refractivity contribution in [3.63, 3.8) is 0 Å². The Kier molecular flexibility index (Phi) is 14.9. The number of carbonyl (C=O) groups excluding carboxylic acids is 3. The molecular weight excluding hydrogens is 518 g/mol. The fourth-order valence-electron chi connectivity index (χ4n) is 3.63. The van der Waals surface area contributed by atoms with E-state index in [1.165, 1.54) is 20.8 Å². The fourth-order valence-corrected chi connectivity index (χ4v) is 3.63. The van der Waals surface area contributed by atoms with Gasteiger partial charge in [-0.15, -0.1) is 0 Å². The van der Waals surface area contributed by atoms with Gasteiger partial charge in [-0.25, -0.2) is 0 Å². The highest BCUT2D eigenvalue weighted by Crippen LogP contribution is 1.99. The van der Waals surface area contributed by atoms with E-state index in [1.54, 1.807) is 4.90 Å². The molecule has 0 aromatic rings. The summed E-state index contributed by atoms with van der Waals surface area (Å²) in [7, 11) is 0. The van der Waals surface area contributed by atoms with Crippen molar-refractivity contribution in [3.8, 4) is 0 Å². The number of hydrogen-bond acceptors (Lipinski definition) is 10. The van der Waals surface area contributed by atoms with E-state index in [0.717, 1.165) is 0 Å². The SMILES string of the molecule is C[C@H](NC(=O)CN1CCNCCN(CC(=O)N[C@@H](C)C(=O)O)CCN(CC(=O)N[C@@H](C)C(=O)O)CC1)C(=O)O. The molecule has 0 aromatic carbocycles. The Labute approximate surface area is 227 Å². The lowest BCUT2D eigenvalue weighted by Crippen LogP contribution is -2.51. The first kappa shape index (κ1) is 33.7. The number of nitrogens with zero attached hydrogens (tertiary/aromatic N) is 3. The van der Waals surface area contributed by atoms with Gasteiger partial charge < -0.3 is 36.6 Å². The highest BCUT2D eigenvalue weighted by molar-refractivity contribution is 5.85. The van der Waals surface area contributed by atoms with Gasteiger partial charge in [-0.1, -0.05) is 0 Å². The molecule has 0 saturated carbocycles. The third kappa shape index (κ3) is 14.4. The summed E-state index contributed by atoms with van der Waals surface area (Å²) in [5, 5.41) is 37.6. The van der Waals surface area contributed by atoms with E-state index in [0.29, 0.717) is 52.4 Å². The molecule has 7 N–H and O–H groups in total. The lowest BCUT2D eigenvalue weighted by atomic mass is 10.3. The van der Waals surface area contributed by atoms with Crippen molar-refractivity contribution in [1.29, 1.82) is 0 Å². The van der Waals surface area contributed by atoms with Crippen LogP contribution in [0.2, 0.25) is 0 Å². The van der Waals surface area contributed by atoms with E-state index in [2.05, 4.69) is 21.3 Å². The van der Waals surface area contributed by atoms with Gasteiger partial charge in [0.2, 0.25) is 17.7 Å². The van der Waals surface area contributed by atoms with Crippen LogP contribution in [0.4, 0.5) is 0 Å². The van der Waals surface area contributed by atoms with Gasteiger partial charge in [0.1, 0.15) is 18.1 Å². The van der Waals surface area contributed by atoms with Gasteiger partial charge in [0, 0.05) is 52.4 Å². The number of rotatable bonds is 12. The Morgan fingerprint density at radius 1 is 0.564 bits per heavy atom. The summed E-state index contributed by atoms with van der Waals surface area (Å²) in [5.74, 6) is -4.89. The second-order valence-corrected chi connectivity index (χ2v) is 9.46. The van der Waals surface area contributed by atoms with Gasteiger partial charge in [0.25, 0.3) is 0 Å². The molecule has 0 radical (unpaired) electrons. The quantitative estimate of drug-likeness (QED) is 0.122. The lowest BCUT2D eigenvalue weighted by molar-refractivity contribution is -0.141. The first-order valence-corrected chi connectivity index (χ1v) is 12.7. The third-order valence-electron chi connectivity index (χ3n) is 6.02. The topological polar surface area (TPSA) is 221 Å². The summed E-state index contributed by atoms with van der Waals surface area (Å²) < 4.78 is 0. The zero-order chi connectivity index (χ0) is 29.5. The molecule has 1 fully saturated rings. The van der Waals surface area contributed by atoms with Crippen LogP contribution in [-0.4, -0.2) is 156 Å². The molecule has 0 bridgehead atoms. The van der Waals surface area contributed by atoms with Crippen LogP contribution < -0.4 is 21.3 Å². The average Bonchev–Trinajstić information content (AvgIpc) is 2.83. The van der Waals surface area contributed by atoms with Crippen LogP contribution in [0.5, 0.6) is 0 Å². The Balaban J connectivity index is 2.91. The Morgan fingerprint density at radius 2 is 0.821 bits per heavy atom. The molecule has 39 heavy (non-hydrogen) atoms. The molecule has 0 aromatic heterocycles. The molecule has 16 heteroatoms. The minimum absolute atomic E-state index is 0.0521. The van der Waals surface area contributed by atoms with Crippen molar-refractivity contribution >= 4 is 35.6 Å². The third-order valence-corrected chi connectivity index (χ3v) is 6.02. The van der Waals surface area contributed by atoms with E-state index in [9.17, 15) is 28.8 Å². The summed E-state index contributed by atoms with van der Waals surface area (Å²) >= 11 is 0. The number of carboxylic acids is 3. The van der Waals surface area contributed by atoms with Crippen LogP contribution in [0, 0.1) is 0 Å². The number of carboxylic acid groups (broad SMARTS) is 3. The van der Waals surface area contributed by atoms with Crippen molar-refractivity contribution in [3.05, 3.63) is 0 Å². The zero-order valence-corrected chi connectivity index (χ0v) is 22.6. The normalized spacial score (nSPS) is 18.8. The zero-order valence-electron chi connectivity index (χ0n) is 22.6. The summed E-state index contributed by atoms with van der Waals surface area (Å²) in [6.45, 7) is 7.10. The van der Waals surface area contributed by atoms with Crippen LogP contribution in [0.3, 0.4) is 0 Å². The van der Waals surface area contributed by atoms with Gasteiger partial charge in [-0.3, -0.25) is 43.5 Å². The summed E-state index contributed by atoms with van der Waals surface area (Å²) in [4.78, 5) is 75.8. The maximum atomic E-state index is 12.5. The van der Waals surface area contributed by atoms with Gasteiger partial charge in [-0.05, 0) is 20.8 Å². The molecule has 1 aliphatic rings. The number of amides is 3. The molecule has 0 spiro atoms. The molecule has 1 aliphatic heterocycles. The van der Waals surface area contributed by atoms with Gasteiger partial charge in [0.05, 0.1) is 19.6 Å². The van der Waals surface area contributed by atoms with Crippen molar-refractivity contribution in [2.24, 2.45) is 0 Å². The van der Waals surface area contributed by atoms with Gasteiger partial charge >= 0.3 is 17.9 Å². The number of aliphatic carboxylic acids is 3. The van der Waals surface area contributed by atoms with Crippen LogP contribution >= 0.6 is 0 Å². The van der Waals surface area contributed by atoms with Crippen molar-refractivity contribution in [2.45, 2.75) is 38.9 Å². The Bertz CT molecular complexity index is 823. The first-order valence-electron chi connectivity index (χ1n) is 12.7. The van der Waals surface area contributed by atoms with Gasteiger partial charge in [0.15, 0.2) is 0 Å². The monoisotopic (exact) mass is 559 g/mol.